The van der Waals surface area contributed by atoms with Crippen molar-refractivity contribution >= 4 is 28.8 Å². The van der Waals surface area contributed by atoms with Crippen LogP contribution in [-0.4, -0.2) is 16.2 Å². The normalized spacial score (nSPS) is 10.5. The van der Waals surface area contributed by atoms with Crippen molar-refractivity contribution in [2.75, 3.05) is 0 Å². The summed E-state index contributed by atoms with van der Waals surface area (Å²) in [7, 11) is 0. The van der Waals surface area contributed by atoms with Crippen LogP contribution in [0.5, 0.6) is 0 Å². The first kappa shape index (κ1) is 8.13. The molecule has 0 saturated carbocycles. The van der Waals surface area contributed by atoms with Crippen LogP contribution >= 0.6 is 11.6 Å². The van der Waals surface area contributed by atoms with Gasteiger partial charge in [-0.1, -0.05) is 11.6 Å². The van der Waals surface area contributed by atoms with Gasteiger partial charge >= 0.3 is 0 Å². The lowest BCUT2D eigenvalue weighted by molar-refractivity contribution is 0.112. The second kappa shape index (κ2) is 2.78. The second-order valence-electron chi connectivity index (χ2n) is 2.71. The molecular weight excluding hydrogens is 190 g/mol. The van der Waals surface area contributed by atoms with Crippen LogP contribution in [0.1, 0.15) is 10.4 Å². The number of hydrogen-bond donors (Lipinski definition) is 1. The van der Waals surface area contributed by atoms with Crippen LogP contribution in [0.3, 0.4) is 0 Å². The fourth-order valence-electron chi connectivity index (χ4n) is 1.30. The van der Waals surface area contributed by atoms with Crippen LogP contribution in [0.15, 0.2) is 24.4 Å². The molecule has 0 aliphatic rings. The molecule has 0 aliphatic heterocycles. The van der Waals surface area contributed by atoms with Crippen LogP contribution in [0, 0.1) is 0 Å². The maximum Gasteiger partial charge on any atom is 0.152 e. The summed E-state index contributed by atoms with van der Waals surface area (Å²) in [6.07, 6.45) is 2.04. The Balaban J connectivity index is 2.89. The van der Waals surface area contributed by atoms with Gasteiger partial charge in [-0.25, -0.2) is 0 Å². The van der Waals surface area contributed by atoms with Crippen LogP contribution in [0.4, 0.5) is 0 Å². The molecule has 0 unspecified atom stereocenters. The number of aldehydes is 1. The van der Waals surface area contributed by atoms with E-state index >= 15 is 0 Å². The van der Waals surface area contributed by atoms with Crippen molar-refractivity contribution in [3.8, 4) is 0 Å². The number of nitrogens with zero attached hydrogens (tertiary/aromatic N) is 1. The molecule has 3 nitrogen and oxygen atoms in total. The molecule has 1 aromatic heterocycles. The molecule has 0 atom stereocenters. The minimum atomic E-state index is 0.431. The smallest absolute Gasteiger partial charge is 0.152 e. The van der Waals surface area contributed by atoms with Crippen molar-refractivity contribution in [1.82, 2.24) is 4.73 Å². The number of aromatic nitrogens is 1. The Morgan fingerprint density at radius 2 is 2.23 bits per heavy atom. The summed E-state index contributed by atoms with van der Waals surface area (Å²) in [4.78, 5) is 10.6. The molecule has 0 fully saturated rings. The van der Waals surface area contributed by atoms with E-state index in [9.17, 15) is 10.0 Å². The molecule has 4 heteroatoms. The molecule has 2 aromatic rings. The first-order valence-electron chi connectivity index (χ1n) is 3.67. The third-order valence-corrected chi connectivity index (χ3v) is 2.14. The van der Waals surface area contributed by atoms with Crippen molar-refractivity contribution in [3.05, 3.63) is 35.0 Å². The molecule has 13 heavy (non-hydrogen) atoms. The molecule has 0 amide bonds. The number of hydrogen-bond acceptors (Lipinski definition) is 2. The minimum Gasteiger partial charge on any atom is -0.428 e. The summed E-state index contributed by atoms with van der Waals surface area (Å²) in [6, 6.07) is 4.96. The van der Waals surface area contributed by atoms with E-state index in [1.165, 1.54) is 6.20 Å². The van der Waals surface area contributed by atoms with E-state index in [1.807, 2.05) is 0 Å². The Morgan fingerprint density at radius 1 is 1.46 bits per heavy atom. The second-order valence-corrected chi connectivity index (χ2v) is 3.14. The number of fused-ring (bicyclic) bond motifs is 1. The first-order chi connectivity index (χ1) is 6.22. The van der Waals surface area contributed by atoms with E-state index in [0.717, 1.165) is 4.73 Å². The molecular formula is C9H6ClNO2. The predicted molar refractivity (Wildman–Crippen MR) is 49.5 cm³/mol. The van der Waals surface area contributed by atoms with Gasteiger partial charge in [0.05, 0.1) is 11.7 Å². The summed E-state index contributed by atoms with van der Waals surface area (Å²) in [5, 5.41) is 10.5. The van der Waals surface area contributed by atoms with Gasteiger partial charge < -0.3 is 5.21 Å². The Morgan fingerprint density at radius 3 is 2.92 bits per heavy atom. The van der Waals surface area contributed by atoms with E-state index in [0.29, 0.717) is 27.8 Å². The predicted octanol–water partition coefficient (Wildman–Crippen LogP) is 2.34. The summed E-state index contributed by atoms with van der Waals surface area (Å²) in [5.41, 5.74) is 1.01. The van der Waals surface area contributed by atoms with Gasteiger partial charge in [-0.2, -0.15) is 4.73 Å². The maximum absolute atomic E-state index is 10.6. The van der Waals surface area contributed by atoms with Gasteiger partial charge in [0.2, 0.25) is 0 Å². The van der Waals surface area contributed by atoms with Crippen LogP contribution in [0.25, 0.3) is 10.9 Å². The number of carbonyl (C=O) groups is 1. The van der Waals surface area contributed by atoms with Crippen molar-refractivity contribution in [1.29, 1.82) is 0 Å². The Labute approximate surface area is 79.1 Å². The third kappa shape index (κ3) is 1.17. The van der Waals surface area contributed by atoms with Crippen molar-refractivity contribution < 1.29 is 10.0 Å². The number of halogens is 1. The zero-order chi connectivity index (χ0) is 9.42. The molecule has 0 saturated heterocycles. The summed E-state index contributed by atoms with van der Waals surface area (Å²) in [6.45, 7) is 0. The largest absolute Gasteiger partial charge is 0.428 e. The summed E-state index contributed by atoms with van der Waals surface area (Å²) < 4.78 is 0.912. The van der Waals surface area contributed by atoms with Gasteiger partial charge in [-0.15, -0.1) is 0 Å². The molecule has 2 rings (SSSR count). The third-order valence-electron chi connectivity index (χ3n) is 1.90. The zero-order valence-corrected chi connectivity index (χ0v) is 7.32. The Bertz CT molecular complexity index is 476. The van der Waals surface area contributed by atoms with E-state index in [-0.39, 0.29) is 0 Å². The van der Waals surface area contributed by atoms with Crippen LogP contribution in [-0.2, 0) is 0 Å². The number of carbonyl (C=O) groups excluding carboxylic acids is 1. The maximum atomic E-state index is 10.6. The SMILES string of the molecule is O=Cc1cn(O)c2ccc(Cl)cc12. The highest BCUT2D eigenvalue weighted by Gasteiger charge is 2.06. The molecule has 1 heterocycles. The number of rotatable bonds is 1. The molecule has 1 N–H and O–H groups in total. The van der Waals surface area contributed by atoms with Gasteiger partial charge in [-0.3, -0.25) is 4.79 Å². The van der Waals surface area contributed by atoms with Gasteiger partial charge in [0.15, 0.2) is 6.29 Å². The number of benzene rings is 1. The zero-order valence-electron chi connectivity index (χ0n) is 6.57. The van der Waals surface area contributed by atoms with Gasteiger partial charge in [0.25, 0.3) is 0 Å². The molecule has 1 aromatic carbocycles. The molecule has 0 radical (unpaired) electrons. The van der Waals surface area contributed by atoms with Gasteiger partial charge in [-0.05, 0) is 18.2 Å². The van der Waals surface area contributed by atoms with Crippen LogP contribution < -0.4 is 0 Å². The molecule has 66 valence electrons. The molecule has 0 bridgehead atoms. The topological polar surface area (TPSA) is 42.2 Å². The highest BCUT2D eigenvalue weighted by Crippen LogP contribution is 2.22. The monoisotopic (exact) mass is 195 g/mol. The summed E-state index contributed by atoms with van der Waals surface area (Å²) in [5.74, 6) is 0. The van der Waals surface area contributed by atoms with E-state index in [4.69, 9.17) is 11.6 Å². The first-order valence-corrected chi connectivity index (χ1v) is 4.05. The summed E-state index contributed by atoms with van der Waals surface area (Å²) >= 11 is 5.75. The lowest BCUT2D eigenvalue weighted by Crippen LogP contribution is -1.84. The van der Waals surface area contributed by atoms with Crippen molar-refractivity contribution in [3.63, 3.8) is 0 Å². The minimum absolute atomic E-state index is 0.431. The lowest BCUT2D eigenvalue weighted by atomic mass is 10.2. The Kier molecular flexibility index (Phi) is 1.74. The fraction of sp³-hybridized carbons (Fsp3) is 0. The highest BCUT2D eigenvalue weighted by molar-refractivity contribution is 6.31. The fourth-order valence-corrected chi connectivity index (χ4v) is 1.48. The van der Waals surface area contributed by atoms with Crippen molar-refractivity contribution in [2.45, 2.75) is 0 Å². The molecule has 0 spiro atoms. The van der Waals surface area contributed by atoms with Crippen molar-refractivity contribution in [2.24, 2.45) is 0 Å². The van der Waals surface area contributed by atoms with E-state index in [1.54, 1.807) is 18.2 Å². The average Bonchev–Trinajstić information content (AvgIpc) is 2.42. The average molecular weight is 196 g/mol. The van der Waals surface area contributed by atoms with E-state index < -0.39 is 0 Å². The molecule has 0 aliphatic carbocycles. The van der Waals surface area contributed by atoms with E-state index in [2.05, 4.69) is 0 Å². The Hall–Kier alpha value is -1.48. The van der Waals surface area contributed by atoms with Crippen LogP contribution in [0.2, 0.25) is 5.02 Å². The highest BCUT2D eigenvalue weighted by atomic mass is 35.5. The quantitative estimate of drug-likeness (QED) is 0.561. The van der Waals surface area contributed by atoms with Gasteiger partial charge in [0, 0.05) is 16.0 Å². The van der Waals surface area contributed by atoms with Gasteiger partial charge in [0.1, 0.15) is 0 Å². The lowest BCUT2D eigenvalue weighted by Gasteiger charge is -1.94. The standard InChI is InChI=1S/C9H6ClNO2/c10-7-1-2-9-8(3-7)6(5-12)4-11(9)13/h1-5,13H.